The second-order valence-electron chi connectivity index (χ2n) is 8.88. The van der Waals surface area contributed by atoms with E-state index in [4.69, 9.17) is 4.74 Å². The number of sulfonamides is 1. The molecule has 2 heterocycles. The molecule has 0 saturated carbocycles. The highest BCUT2D eigenvalue weighted by Crippen LogP contribution is 2.22. The van der Waals surface area contributed by atoms with E-state index in [1.807, 2.05) is 11.8 Å². The van der Waals surface area contributed by atoms with Gasteiger partial charge >= 0.3 is 0 Å². The lowest BCUT2D eigenvalue weighted by molar-refractivity contribution is -0.133. The first-order valence-corrected chi connectivity index (χ1v) is 13.1. The number of nitrogens with one attached hydrogen (secondary N) is 1. The van der Waals surface area contributed by atoms with E-state index in [-0.39, 0.29) is 23.8 Å². The van der Waals surface area contributed by atoms with Crippen molar-refractivity contribution in [3.8, 4) is 5.75 Å². The number of nitrogens with zero attached hydrogens (tertiary/aromatic N) is 2. The minimum absolute atomic E-state index is 0.0337. The average Bonchev–Trinajstić information content (AvgIpc) is 2.76. The van der Waals surface area contributed by atoms with Gasteiger partial charge in [-0.05, 0) is 81.8 Å². The largest absolute Gasteiger partial charge is 0.494 e. The second kappa shape index (κ2) is 11.3. The number of rotatable bonds is 9. The minimum atomic E-state index is -3.64. The van der Waals surface area contributed by atoms with Crippen molar-refractivity contribution in [1.82, 2.24) is 14.5 Å². The highest BCUT2D eigenvalue weighted by Gasteiger charge is 2.26. The standard InChI is InChI=1S/C23H37N3O4S/c1-3-30-21-6-8-22(9-7-21)31(28,29)24-13-10-23(27)26-14-4-5-20(18-26)17-25-15-11-19(2)12-16-25/h6-9,19-20,24H,3-5,10-18H2,1-2H3. The van der Waals surface area contributed by atoms with E-state index in [9.17, 15) is 13.2 Å². The first kappa shape index (κ1) is 24.0. The van der Waals surface area contributed by atoms with Crippen molar-refractivity contribution in [3.63, 3.8) is 0 Å². The Bertz CT molecular complexity index is 805. The molecule has 8 heteroatoms. The lowest BCUT2D eigenvalue weighted by atomic mass is 9.94. The number of benzene rings is 1. The van der Waals surface area contributed by atoms with Crippen molar-refractivity contribution in [1.29, 1.82) is 0 Å². The maximum absolute atomic E-state index is 12.7. The molecule has 0 radical (unpaired) electrons. The summed E-state index contributed by atoms with van der Waals surface area (Å²) in [6, 6.07) is 6.32. The number of carbonyl (C=O) groups excluding carboxylic acids is 1. The molecule has 2 aliphatic heterocycles. The summed E-state index contributed by atoms with van der Waals surface area (Å²) in [5.41, 5.74) is 0. The van der Waals surface area contributed by atoms with Gasteiger partial charge in [-0.15, -0.1) is 0 Å². The van der Waals surface area contributed by atoms with Crippen LogP contribution in [0, 0.1) is 11.8 Å². The van der Waals surface area contributed by atoms with E-state index < -0.39 is 10.0 Å². The maximum Gasteiger partial charge on any atom is 0.240 e. The molecule has 2 aliphatic rings. The van der Waals surface area contributed by atoms with Crippen LogP contribution >= 0.6 is 0 Å². The van der Waals surface area contributed by atoms with Crippen molar-refractivity contribution in [2.75, 3.05) is 45.9 Å². The van der Waals surface area contributed by atoms with E-state index in [0.717, 1.165) is 32.0 Å². The Morgan fingerprint density at radius 3 is 2.52 bits per heavy atom. The molecule has 2 saturated heterocycles. The third-order valence-corrected chi connectivity index (χ3v) is 7.82. The van der Waals surface area contributed by atoms with Crippen LogP contribution in [-0.2, 0) is 14.8 Å². The monoisotopic (exact) mass is 451 g/mol. The van der Waals surface area contributed by atoms with Gasteiger partial charge in [-0.25, -0.2) is 13.1 Å². The van der Waals surface area contributed by atoms with Gasteiger partial charge in [0.05, 0.1) is 11.5 Å². The van der Waals surface area contributed by atoms with Crippen molar-refractivity contribution >= 4 is 15.9 Å². The molecule has 1 amide bonds. The van der Waals surface area contributed by atoms with Crippen LogP contribution in [0.2, 0.25) is 0 Å². The molecular formula is C23H37N3O4S. The summed E-state index contributed by atoms with van der Waals surface area (Å²) < 4.78 is 32.8. The van der Waals surface area contributed by atoms with Gasteiger partial charge in [0.1, 0.15) is 5.75 Å². The van der Waals surface area contributed by atoms with Crippen LogP contribution in [0.1, 0.15) is 46.0 Å². The van der Waals surface area contributed by atoms with Crippen LogP contribution in [0.25, 0.3) is 0 Å². The Morgan fingerprint density at radius 1 is 1.13 bits per heavy atom. The van der Waals surface area contributed by atoms with Crippen LogP contribution in [0.4, 0.5) is 0 Å². The smallest absolute Gasteiger partial charge is 0.240 e. The summed E-state index contributed by atoms with van der Waals surface area (Å²) >= 11 is 0. The van der Waals surface area contributed by atoms with E-state index in [1.54, 1.807) is 12.1 Å². The molecule has 0 aliphatic carbocycles. The zero-order valence-corrected chi connectivity index (χ0v) is 19.7. The van der Waals surface area contributed by atoms with Crippen LogP contribution in [0.3, 0.4) is 0 Å². The Kier molecular flexibility index (Phi) is 8.75. The topological polar surface area (TPSA) is 78.9 Å². The average molecular weight is 452 g/mol. The lowest BCUT2D eigenvalue weighted by Gasteiger charge is -2.38. The van der Waals surface area contributed by atoms with Crippen molar-refractivity contribution in [2.45, 2.75) is 50.8 Å². The maximum atomic E-state index is 12.7. The van der Waals surface area contributed by atoms with Crippen molar-refractivity contribution in [3.05, 3.63) is 24.3 Å². The van der Waals surface area contributed by atoms with Crippen molar-refractivity contribution in [2.24, 2.45) is 11.8 Å². The molecule has 1 aromatic rings. The minimum Gasteiger partial charge on any atom is -0.494 e. The molecule has 1 N–H and O–H groups in total. The third kappa shape index (κ3) is 7.19. The van der Waals surface area contributed by atoms with Crippen LogP contribution in [0.15, 0.2) is 29.2 Å². The molecule has 1 atom stereocenters. The fourth-order valence-corrected chi connectivity index (χ4v) is 5.50. The molecule has 7 nitrogen and oxygen atoms in total. The summed E-state index contributed by atoms with van der Waals surface area (Å²) in [5.74, 6) is 2.01. The summed E-state index contributed by atoms with van der Waals surface area (Å²) in [7, 11) is -3.64. The van der Waals surface area contributed by atoms with Crippen LogP contribution in [0.5, 0.6) is 5.75 Å². The molecule has 1 aromatic carbocycles. The molecule has 174 valence electrons. The molecule has 2 fully saturated rings. The first-order chi connectivity index (χ1) is 14.9. The third-order valence-electron chi connectivity index (χ3n) is 6.34. The van der Waals surface area contributed by atoms with E-state index in [0.29, 0.717) is 18.3 Å². The Hall–Kier alpha value is -1.64. The fourth-order valence-electron chi connectivity index (χ4n) is 4.47. The van der Waals surface area contributed by atoms with Crippen molar-refractivity contribution < 1.29 is 17.9 Å². The predicted molar refractivity (Wildman–Crippen MR) is 122 cm³/mol. The lowest BCUT2D eigenvalue weighted by Crippen LogP contribution is -2.45. The van der Waals surface area contributed by atoms with Gasteiger partial charge in [-0.1, -0.05) is 6.92 Å². The SMILES string of the molecule is CCOc1ccc(S(=O)(=O)NCCC(=O)N2CCCC(CN3CCC(C)CC3)C2)cc1. The Morgan fingerprint density at radius 2 is 1.84 bits per heavy atom. The molecule has 0 bridgehead atoms. The number of amides is 1. The number of hydrogen-bond acceptors (Lipinski definition) is 5. The van der Waals surface area contributed by atoms with Crippen LogP contribution < -0.4 is 9.46 Å². The predicted octanol–water partition coefficient (Wildman–Crippen LogP) is 2.72. The molecule has 0 aromatic heterocycles. The van der Waals surface area contributed by atoms with E-state index in [1.165, 1.54) is 44.5 Å². The van der Waals surface area contributed by atoms with E-state index in [2.05, 4.69) is 16.5 Å². The van der Waals surface area contributed by atoms with Crippen LogP contribution in [-0.4, -0.2) is 70.0 Å². The summed E-state index contributed by atoms with van der Waals surface area (Å²) in [5, 5.41) is 0. The molecule has 31 heavy (non-hydrogen) atoms. The van der Waals surface area contributed by atoms with E-state index >= 15 is 0 Å². The zero-order valence-electron chi connectivity index (χ0n) is 18.9. The molecule has 3 rings (SSSR count). The van der Waals surface area contributed by atoms with Gasteiger partial charge in [0, 0.05) is 32.6 Å². The highest BCUT2D eigenvalue weighted by atomic mass is 32.2. The normalized spacial score (nSPS) is 21.2. The van der Waals surface area contributed by atoms with Gasteiger partial charge in [0.2, 0.25) is 15.9 Å². The number of hydrogen-bond donors (Lipinski definition) is 1. The number of carbonyl (C=O) groups is 1. The quantitative estimate of drug-likeness (QED) is 0.625. The second-order valence-corrected chi connectivity index (χ2v) is 10.7. The zero-order chi connectivity index (χ0) is 22.3. The van der Waals surface area contributed by atoms with Gasteiger partial charge < -0.3 is 14.5 Å². The summed E-state index contributed by atoms with van der Waals surface area (Å²) in [6.07, 6.45) is 4.91. The first-order valence-electron chi connectivity index (χ1n) is 11.6. The molecule has 1 unspecified atom stereocenters. The summed E-state index contributed by atoms with van der Waals surface area (Å²) in [4.78, 5) is 17.3. The van der Waals surface area contributed by atoms with Gasteiger partial charge in [-0.2, -0.15) is 0 Å². The Balaban J connectivity index is 1.43. The number of likely N-dealkylation sites (tertiary alicyclic amines) is 2. The number of piperidine rings is 2. The highest BCUT2D eigenvalue weighted by molar-refractivity contribution is 7.89. The van der Waals surface area contributed by atoms with Gasteiger partial charge in [0.25, 0.3) is 0 Å². The number of ether oxygens (including phenoxy) is 1. The summed E-state index contributed by atoms with van der Waals surface area (Å²) in [6.45, 7) is 9.80. The van der Waals surface area contributed by atoms with Gasteiger partial charge in [0.15, 0.2) is 0 Å². The van der Waals surface area contributed by atoms with Gasteiger partial charge in [-0.3, -0.25) is 4.79 Å². The Labute approximate surface area is 187 Å². The molecule has 0 spiro atoms. The molecular weight excluding hydrogens is 414 g/mol. The fraction of sp³-hybridized carbons (Fsp3) is 0.696.